The molecule has 0 bridgehead atoms. The fourth-order valence-corrected chi connectivity index (χ4v) is 3.61. The summed E-state index contributed by atoms with van der Waals surface area (Å²) in [4.78, 5) is 26.3. The van der Waals surface area contributed by atoms with Crippen LogP contribution in [0.1, 0.15) is 43.6 Å². The van der Waals surface area contributed by atoms with E-state index in [-0.39, 0.29) is 5.91 Å². The summed E-state index contributed by atoms with van der Waals surface area (Å²) < 4.78 is 0. The van der Waals surface area contributed by atoms with Gasteiger partial charge in [0, 0.05) is 13.6 Å². The predicted octanol–water partition coefficient (Wildman–Crippen LogP) is 5.01. The lowest BCUT2D eigenvalue weighted by molar-refractivity contribution is -0.129. The van der Waals surface area contributed by atoms with Gasteiger partial charge in [-0.05, 0) is 30.0 Å². The van der Waals surface area contributed by atoms with E-state index in [9.17, 15) is 9.59 Å². The fraction of sp³-hybridized carbons (Fsp3) is 0.474. The summed E-state index contributed by atoms with van der Waals surface area (Å²) >= 11 is 12.1. The number of carbonyl (C=O) groups is 2. The van der Waals surface area contributed by atoms with Crippen molar-refractivity contribution in [2.24, 2.45) is 5.92 Å². The zero-order valence-electron chi connectivity index (χ0n) is 14.4. The average Bonchev–Trinajstić information content (AvgIpc) is 3.12. The molecule has 136 valence electrons. The van der Waals surface area contributed by atoms with Crippen LogP contribution in [0.2, 0.25) is 10.0 Å². The molecule has 0 radical (unpaired) electrons. The highest BCUT2D eigenvalue weighted by molar-refractivity contribution is 6.42. The van der Waals surface area contributed by atoms with Gasteiger partial charge in [-0.25, -0.2) is 4.79 Å². The van der Waals surface area contributed by atoms with Crippen LogP contribution in [0.5, 0.6) is 0 Å². The zero-order valence-corrected chi connectivity index (χ0v) is 15.9. The molecule has 1 aliphatic carbocycles. The molecule has 3 amide bonds. The van der Waals surface area contributed by atoms with Crippen LogP contribution in [0.4, 0.5) is 4.79 Å². The lowest BCUT2D eigenvalue weighted by Gasteiger charge is -2.25. The molecule has 25 heavy (non-hydrogen) atoms. The number of rotatable bonds is 6. The standard InChI is InChI=1S/C19H24Cl2N2O2/c1-3-10-22-19(25)23(2)18(24)15(11-13-6-4-5-7-13)14-8-9-16(20)17(21)12-14/h3,8-9,12-13,15H,1,4-7,10-11H2,2H3,(H,22,25). The molecule has 1 aromatic carbocycles. The maximum absolute atomic E-state index is 13.0. The van der Waals surface area contributed by atoms with Gasteiger partial charge in [-0.3, -0.25) is 9.69 Å². The molecule has 1 atom stereocenters. The molecule has 0 aliphatic heterocycles. The summed E-state index contributed by atoms with van der Waals surface area (Å²) in [5.74, 6) is -0.141. The highest BCUT2D eigenvalue weighted by Gasteiger charge is 2.31. The molecule has 6 heteroatoms. The Labute approximate surface area is 159 Å². The fourth-order valence-electron chi connectivity index (χ4n) is 3.30. The summed E-state index contributed by atoms with van der Waals surface area (Å²) in [5, 5.41) is 3.51. The van der Waals surface area contributed by atoms with Crippen LogP contribution >= 0.6 is 23.2 Å². The Bertz CT molecular complexity index is 642. The Hall–Kier alpha value is -1.52. The Morgan fingerprint density at radius 3 is 2.60 bits per heavy atom. The third-order valence-electron chi connectivity index (χ3n) is 4.72. The highest BCUT2D eigenvalue weighted by Crippen LogP contribution is 2.36. The molecule has 4 nitrogen and oxygen atoms in total. The lowest BCUT2D eigenvalue weighted by atomic mass is 9.87. The molecule has 0 saturated heterocycles. The number of hydrogen-bond donors (Lipinski definition) is 1. The van der Waals surface area contributed by atoms with E-state index < -0.39 is 11.9 Å². The lowest BCUT2D eigenvalue weighted by Crippen LogP contribution is -2.43. The Morgan fingerprint density at radius 1 is 1.32 bits per heavy atom. The third kappa shape index (κ3) is 5.23. The number of nitrogens with one attached hydrogen (secondary N) is 1. The molecular weight excluding hydrogens is 359 g/mol. The molecule has 0 aromatic heterocycles. The number of halogens is 2. The minimum absolute atomic E-state index is 0.230. The average molecular weight is 383 g/mol. The van der Waals surface area contributed by atoms with Crippen molar-refractivity contribution in [1.29, 1.82) is 0 Å². The Kier molecular flexibility index (Phi) is 7.33. The van der Waals surface area contributed by atoms with Gasteiger partial charge in [-0.15, -0.1) is 6.58 Å². The highest BCUT2D eigenvalue weighted by atomic mass is 35.5. The van der Waals surface area contributed by atoms with Crippen LogP contribution in [0.15, 0.2) is 30.9 Å². The smallest absolute Gasteiger partial charge is 0.324 e. The molecule has 1 unspecified atom stereocenters. The maximum atomic E-state index is 13.0. The number of likely N-dealkylation sites (N-methyl/N-ethyl adjacent to an activating group) is 1. The summed E-state index contributed by atoms with van der Waals surface area (Å²) in [6, 6.07) is 4.82. The van der Waals surface area contributed by atoms with Crippen molar-refractivity contribution >= 4 is 35.1 Å². The molecule has 0 spiro atoms. The van der Waals surface area contributed by atoms with E-state index in [1.165, 1.54) is 19.9 Å². The van der Waals surface area contributed by atoms with Crippen molar-refractivity contribution < 1.29 is 9.59 Å². The largest absolute Gasteiger partial charge is 0.334 e. The summed E-state index contributed by atoms with van der Waals surface area (Å²) in [6.07, 6.45) is 6.93. The number of imide groups is 1. The molecule has 0 heterocycles. The van der Waals surface area contributed by atoms with Crippen LogP contribution in [0.25, 0.3) is 0 Å². The van der Waals surface area contributed by atoms with E-state index in [0.717, 1.165) is 29.7 Å². The van der Waals surface area contributed by atoms with Gasteiger partial charge >= 0.3 is 6.03 Å². The maximum Gasteiger partial charge on any atom is 0.324 e. The van der Waals surface area contributed by atoms with Crippen LogP contribution < -0.4 is 5.32 Å². The molecule has 1 saturated carbocycles. The number of benzene rings is 1. The molecule has 1 aliphatic rings. The molecule has 1 N–H and O–H groups in total. The third-order valence-corrected chi connectivity index (χ3v) is 5.46. The topological polar surface area (TPSA) is 49.4 Å². The first kappa shape index (κ1) is 19.8. The van der Waals surface area contributed by atoms with Crippen molar-refractivity contribution in [3.05, 3.63) is 46.5 Å². The molecule has 1 aromatic rings. The van der Waals surface area contributed by atoms with Gasteiger partial charge < -0.3 is 5.32 Å². The monoisotopic (exact) mass is 382 g/mol. The minimum atomic E-state index is -0.429. The van der Waals surface area contributed by atoms with Gasteiger partial charge in [-0.1, -0.05) is 61.0 Å². The second-order valence-electron chi connectivity index (χ2n) is 6.48. The van der Waals surface area contributed by atoms with Crippen LogP contribution in [0, 0.1) is 5.92 Å². The first-order valence-electron chi connectivity index (χ1n) is 8.55. The van der Waals surface area contributed by atoms with E-state index in [4.69, 9.17) is 23.2 Å². The second kappa shape index (κ2) is 9.25. The van der Waals surface area contributed by atoms with Crippen molar-refractivity contribution in [1.82, 2.24) is 10.2 Å². The normalized spacial score (nSPS) is 15.6. The van der Waals surface area contributed by atoms with Crippen LogP contribution in [-0.2, 0) is 4.79 Å². The Balaban J connectivity index is 2.22. The zero-order chi connectivity index (χ0) is 18.4. The van der Waals surface area contributed by atoms with Gasteiger partial charge in [-0.2, -0.15) is 0 Å². The molecule has 1 fully saturated rings. The van der Waals surface area contributed by atoms with Crippen molar-refractivity contribution in [2.75, 3.05) is 13.6 Å². The van der Waals surface area contributed by atoms with Crippen molar-refractivity contribution in [3.8, 4) is 0 Å². The minimum Gasteiger partial charge on any atom is -0.334 e. The first-order valence-corrected chi connectivity index (χ1v) is 9.30. The summed E-state index contributed by atoms with van der Waals surface area (Å²) in [6.45, 7) is 3.88. The number of hydrogen-bond acceptors (Lipinski definition) is 2. The SMILES string of the molecule is C=CCNC(=O)N(C)C(=O)C(CC1CCCC1)c1ccc(Cl)c(Cl)c1. The van der Waals surface area contributed by atoms with Gasteiger partial charge in [0.15, 0.2) is 0 Å². The van der Waals surface area contributed by atoms with E-state index in [1.807, 2.05) is 6.07 Å². The number of urea groups is 1. The summed E-state index contributed by atoms with van der Waals surface area (Å²) in [5.41, 5.74) is 0.801. The van der Waals surface area contributed by atoms with Gasteiger partial charge in [0.2, 0.25) is 5.91 Å². The number of amides is 3. The van der Waals surface area contributed by atoms with Crippen LogP contribution in [-0.4, -0.2) is 30.4 Å². The van der Waals surface area contributed by atoms with Crippen molar-refractivity contribution in [2.45, 2.75) is 38.0 Å². The quantitative estimate of drug-likeness (QED) is 0.702. The van der Waals surface area contributed by atoms with E-state index in [0.29, 0.717) is 22.5 Å². The predicted molar refractivity (Wildman–Crippen MR) is 102 cm³/mol. The van der Waals surface area contributed by atoms with Gasteiger partial charge in [0.25, 0.3) is 0 Å². The van der Waals surface area contributed by atoms with E-state index in [2.05, 4.69) is 11.9 Å². The first-order chi connectivity index (χ1) is 11.9. The van der Waals surface area contributed by atoms with Crippen LogP contribution in [0.3, 0.4) is 0 Å². The number of nitrogens with zero attached hydrogens (tertiary/aromatic N) is 1. The Morgan fingerprint density at radius 2 is 2.00 bits per heavy atom. The van der Waals surface area contributed by atoms with Gasteiger partial charge in [0.1, 0.15) is 0 Å². The molecule has 2 rings (SSSR count). The summed E-state index contributed by atoms with van der Waals surface area (Å²) in [7, 11) is 1.50. The van der Waals surface area contributed by atoms with E-state index in [1.54, 1.807) is 18.2 Å². The molecular formula is C19H24Cl2N2O2. The van der Waals surface area contributed by atoms with Gasteiger partial charge in [0.05, 0.1) is 16.0 Å². The van der Waals surface area contributed by atoms with Crippen molar-refractivity contribution in [3.63, 3.8) is 0 Å². The second-order valence-corrected chi connectivity index (χ2v) is 7.30. The van der Waals surface area contributed by atoms with E-state index >= 15 is 0 Å². The number of carbonyl (C=O) groups excluding carboxylic acids is 2.